The van der Waals surface area contributed by atoms with Crippen molar-refractivity contribution in [1.29, 1.82) is 0 Å². The van der Waals surface area contributed by atoms with Gasteiger partial charge >= 0.3 is 0 Å². The molecule has 0 unspecified atom stereocenters. The molecule has 0 saturated heterocycles. The van der Waals surface area contributed by atoms with E-state index in [1.54, 1.807) is 0 Å². The molecule has 10 aromatic rings. The molecule has 0 atom stereocenters. The van der Waals surface area contributed by atoms with Gasteiger partial charge in [-0.05, 0) is 77.8 Å². The molecule has 9 aromatic carbocycles. The summed E-state index contributed by atoms with van der Waals surface area (Å²) < 4.78 is 293. The molecule has 0 saturated carbocycles. The van der Waals surface area contributed by atoms with Crippen LogP contribution in [0.4, 0.5) is 0 Å². The number of rotatable bonds is 6. The fourth-order valence-corrected chi connectivity index (χ4v) is 5.42. The van der Waals surface area contributed by atoms with Crippen LogP contribution in [0, 0.1) is 0 Å². The molecule has 1 aromatic heterocycles. The van der Waals surface area contributed by atoms with Crippen molar-refractivity contribution >= 4 is 32.3 Å². The van der Waals surface area contributed by atoms with E-state index in [0.29, 0.717) is 0 Å². The smallest absolute Gasteiger partial charge is 0.164 e. The van der Waals surface area contributed by atoms with Crippen molar-refractivity contribution in [3.63, 3.8) is 0 Å². The number of hydrogen-bond donors (Lipinski definition) is 0. The highest BCUT2D eigenvalue weighted by Gasteiger charge is 2.15. The summed E-state index contributed by atoms with van der Waals surface area (Å²) in [5.74, 6) is -3.09. The molecule has 0 aliphatic heterocycles. The SMILES string of the molecule is [2H]c1c([2H])c([2H])c(-c2c([2H])c([2H])c(-c3nc(-c4c([2H])c([2H])c(-c5c([2H])c([2H])c([2H])c([2H])c5[2H])c([2H])c4[2H])nc(-c4c([2H])c([2H])c([2H])c(-c5c([2H])c([2H])c6c7c([2H])c([2H])c([2H])c([2H])c7c7c([2H])c([2H])c([2H])c([2H])c7c6c5[2H])c4[2H])n3)c([2H])c2[2H])c([2H])c1[2H]. The first kappa shape index (κ1) is 12.4. The summed E-state index contributed by atoms with van der Waals surface area (Å²) in [5.41, 5.74) is -7.91. The van der Waals surface area contributed by atoms with Crippen molar-refractivity contribution in [3.05, 3.63) is 199 Å². The molecule has 252 valence electrons. The van der Waals surface area contributed by atoms with E-state index in [-0.39, 0.29) is 0 Å². The van der Waals surface area contributed by atoms with E-state index in [1.807, 2.05) is 0 Å². The first-order valence-corrected chi connectivity index (χ1v) is 15.6. The van der Waals surface area contributed by atoms with Crippen LogP contribution in [0.2, 0.25) is 0 Å². The van der Waals surface area contributed by atoms with E-state index in [2.05, 4.69) is 15.0 Å². The van der Waals surface area contributed by atoms with Crippen molar-refractivity contribution in [2.75, 3.05) is 0 Å². The fraction of sp³-hybridized carbons (Fsp3) is 0. The second-order valence-electron chi connectivity index (χ2n) is 11.1. The van der Waals surface area contributed by atoms with Gasteiger partial charge in [0.2, 0.25) is 0 Å². The standard InChI is InChI=1S/C51H33N3/c1-3-12-34(13-4-1)36-22-26-38(27-23-36)49-52-50(39-28-24-37(25-29-39)35-14-5-2-6-15-35)54-51(53-49)42-17-11-16-40(32-42)41-30-31-47-45-20-8-7-18-43(45)44-19-9-10-21-46(44)48(47)33-41/h1-33H/i1D,2D,3D,4D,5D,6D,7D,8D,9D,10D,11D,12D,13D,14D,15D,16D,17D,18D,19D,20D,21D,22D,23D,24D,25D,26D,27D,28D,29D,30D,31D,32D,33D. The number of benzene rings is 9. The minimum absolute atomic E-state index is 0.510. The minimum Gasteiger partial charge on any atom is -0.208 e. The van der Waals surface area contributed by atoms with Gasteiger partial charge in [-0.1, -0.05) is 187 Å². The van der Waals surface area contributed by atoms with Crippen LogP contribution in [-0.4, -0.2) is 15.0 Å². The number of fused-ring (bicyclic) bond motifs is 6. The van der Waals surface area contributed by atoms with E-state index < -0.39 is 299 Å². The summed E-state index contributed by atoms with van der Waals surface area (Å²) >= 11 is 0. The second kappa shape index (κ2) is 13.4. The van der Waals surface area contributed by atoms with Crippen molar-refractivity contribution in [3.8, 4) is 67.5 Å². The Balaban J connectivity index is 1.36. The first-order valence-electron chi connectivity index (χ1n) is 32.1. The zero-order valence-electron chi connectivity index (χ0n) is 59.8. The third kappa shape index (κ3) is 5.78. The van der Waals surface area contributed by atoms with Gasteiger partial charge in [0, 0.05) is 16.7 Å². The highest BCUT2D eigenvalue weighted by molar-refractivity contribution is 6.25. The van der Waals surface area contributed by atoms with Gasteiger partial charge in [-0.15, -0.1) is 0 Å². The van der Waals surface area contributed by atoms with Gasteiger partial charge < -0.3 is 0 Å². The lowest BCUT2D eigenvalue weighted by atomic mass is 9.92. The number of hydrogen-bond acceptors (Lipinski definition) is 3. The minimum atomic E-state index is -1.16. The van der Waals surface area contributed by atoms with Gasteiger partial charge in [0.15, 0.2) is 17.5 Å². The summed E-state index contributed by atoms with van der Waals surface area (Å²) in [5, 5.41) is -3.46. The van der Waals surface area contributed by atoms with E-state index in [1.165, 1.54) is 0 Å². The predicted octanol–water partition coefficient (Wildman–Crippen LogP) is 13.3. The Labute approximate surface area is 360 Å². The molecule has 0 fully saturated rings. The Morgan fingerprint density at radius 2 is 0.537 bits per heavy atom. The maximum absolute atomic E-state index is 9.80. The van der Waals surface area contributed by atoms with Gasteiger partial charge in [0.25, 0.3) is 0 Å². The van der Waals surface area contributed by atoms with Crippen LogP contribution in [0.3, 0.4) is 0 Å². The molecule has 0 aliphatic carbocycles. The monoisotopic (exact) mass is 720 g/mol. The lowest BCUT2D eigenvalue weighted by molar-refractivity contribution is 1.07. The molecule has 0 radical (unpaired) electrons. The van der Waals surface area contributed by atoms with Crippen molar-refractivity contribution < 1.29 is 45.2 Å². The molecule has 0 amide bonds. The summed E-state index contributed by atoms with van der Waals surface area (Å²) in [6.07, 6.45) is 0. The normalized spacial score (nSPS) is 19.9. The fourth-order valence-electron chi connectivity index (χ4n) is 5.42. The third-order valence-corrected chi connectivity index (χ3v) is 7.87. The zero-order chi connectivity index (χ0) is 64.6. The van der Waals surface area contributed by atoms with Crippen LogP contribution >= 0.6 is 0 Å². The Bertz CT molecular complexity index is 4590. The maximum Gasteiger partial charge on any atom is 0.164 e. The van der Waals surface area contributed by atoms with Gasteiger partial charge in [0.05, 0.1) is 45.2 Å². The van der Waals surface area contributed by atoms with Crippen molar-refractivity contribution in [2.45, 2.75) is 0 Å². The van der Waals surface area contributed by atoms with Crippen LogP contribution in [0.15, 0.2) is 199 Å². The molecule has 1 heterocycles. The molecule has 10 rings (SSSR count). The van der Waals surface area contributed by atoms with Gasteiger partial charge in [-0.25, -0.2) is 15.0 Å². The highest BCUT2D eigenvalue weighted by Crippen LogP contribution is 2.38. The van der Waals surface area contributed by atoms with Gasteiger partial charge in [0.1, 0.15) is 0 Å². The number of nitrogens with zero attached hydrogens (tertiary/aromatic N) is 3. The maximum atomic E-state index is 9.80. The number of aromatic nitrogens is 3. The van der Waals surface area contributed by atoms with Crippen LogP contribution in [0.1, 0.15) is 45.2 Å². The zero-order valence-corrected chi connectivity index (χ0v) is 26.8. The molecule has 0 spiro atoms. The quantitative estimate of drug-likeness (QED) is 0.161. The summed E-state index contributed by atoms with van der Waals surface area (Å²) in [7, 11) is 0. The van der Waals surface area contributed by atoms with Crippen LogP contribution in [0.5, 0.6) is 0 Å². The molecule has 0 N–H and O–H groups in total. The van der Waals surface area contributed by atoms with Gasteiger partial charge in [-0.2, -0.15) is 0 Å². The van der Waals surface area contributed by atoms with Crippen molar-refractivity contribution in [1.82, 2.24) is 15.0 Å². The molecule has 3 heteroatoms. The van der Waals surface area contributed by atoms with Crippen LogP contribution < -0.4 is 0 Å². The van der Waals surface area contributed by atoms with E-state index in [4.69, 9.17) is 31.5 Å². The molecule has 54 heavy (non-hydrogen) atoms. The van der Waals surface area contributed by atoms with E-state index >= 15 is 0 Å². The first-order chi connectivity index (χ1) is 40.5. The van der Waals surface area contributed by atoms with Crippen LogP contribution in [0.25, 0.3) is 99.9 Å². The molecule has 0 aliphatic rings. The largest absolute Gasteiger partial charge is 0.208 e. The Kier molecular flexibility index (Phi) is 3.08. The molecule has 3 nitrogen and oxygen atoms in total. The molecule has 0 bridgehead atoms. The highest BCUT2D eigenvalue weighted by atomic mass is 15.0. The van der Waals surface area contributed by atoms with Crippen LogP contribution in [-0.2, 0) is 0 Å². The molecular formula is C51H33N3. The van der Waals surface area contributed by atoms with Crippen molar-refractivity contribution in [2.24, 2.45) is 0 Å². The topological polar surface area (TPSA) is 38.7 Å². The average molecular weight is 721 g/mol. The Hall–Kier alpha value is -7.23. The average Bonchev–Trinajstić information content (AvgIpc) is 0.747. The lowest BCUT2D eigenvalue weighted by Gasteiger charge is -2.13. The Morgan fingerprint density at radius 3 is 1.04 bits per heavy atom. The van der Waals surface area contributed by atoms with E-state index in [9.17, 15) is 13.7 Å². The Morgan fingerprint density at radius 1 is 0.222 bits per heavy atom. The third-order valence-electron chi connectivity index (χ3n) is 7.87. The summed E-state index contributed by atoms with van der Waals surface area (Å²) in [6, 6.07) is -32.4. The predicted molar refractivity (Wildman–Crippen MR) is 225 cm³/mol. The second-order valence-corrected chi connectivity index (χ2v) is 11.1. The summed E-state index contributed by atoms with van der Waals surface area (Å²) in [4.78, 5) is 12.9. The summed E-state index contributed by atoms with van der Waals surface area (Å²) in [6.45, 7) is 0. The lowest BCUT2D eigenvalue weighted by Crippen LogP contribution is -2.00. The van der Waals surface area contributed by atoms with Gasteiger partial charge in [-0.3, -0.25) is 0 Å². The molecular weight excluding hydrogens is 655 g/mol. The van der Waals surface area contributed by atoms with E-state index in [0.717, 1.165) is 0 Å².